The van der Waals surface area contributed by atoms with Crippen molar-refractivity contribution in [2.24, 2.45) is 0 Å². The molecule has 0 unspecified atom stereocenters. The monoisotopic (exact) mass is 758 g/mol. The van der Waals surface area contributed by atoms with Crippen LogP contribution in [0.4, 0.5) is 0 Å². The van der Waals surface area contributed by atoms with Gasteiger partial charge in [0, 0.05) is 0 Å². The first-order chi connectivity index (χ1) is 29.7. The van der Waals surface area contributed by atoms with Crippen LogP contribution in [0.1, 0.15) is 0 Å². The van der Waals surface area contributed by atoms with Crippen LogP contribution in [0.2, 0.25) is 0 Å². The number of benzene rings is 12. The van der Waals surface area contributed by atoms with E-state index in [0.717, 1.165) is 0 Å². The summed E-state index contributed by atoms with van der Waals surface area (Å²) in [5, 5.41) is 14.9. The Morgan fingerprint density at radius 1 is 0.167 bits per heavy atom. The number of hydrogen-bond donors (Lipinski definition) is 0. The van der Waals surface area contributed by atoms with Gasteiger partial charge in [0.15, 0.2) is 0 Å². The van der Waals surface area contributed by atoms with Gasteiger partial charge in [-0.2, -0.15) is 0 Å². The lowest BCUT2D eigenvalue weighted by Crippen LogP contribution is -1.94. The highest BCUT2D eigenvalue weighted by Gasteiger charge is 2.21. The van der Waals surface area contributed by atoms with E-state index >= 15 is 0 Å². The first-order valence-electron chi connectivity index (χ1n) is 20.8. The summed E-state index contributed by atoms with van der Waals surface area (Å²) in [6, 6.07) is 85.5. The fourth-order valence-corrected chi connectivity index (χ4v) is 9.81. The molecule has 0 bridgehead atoms. The van der Waals surface area contributed by atoms with Gasteiger partial charge >= 0.3 is 0 Å². The van der Waals surface area contributed by atoms with Crippen LogP contribution in [-0.4, -0.2) is 0 Å². The molecule has 0 fully saturated rings. The van der Waals surface area contributed by atoms with Gasteiger partial charge in [0.1, 0.15) is 0 Å². The second kappa shape index (κ2) is 13.9. The third-order valence-corrected chi connectivity index (χ3v) is 12.6. The molecular formula is C60H38. The van der Waals surface area contributed by atoms with Crippen molar-refractivity contribution in [1.29, 1.82) is 0 Å². The van der Waals surface area contributed by atoms with Gasteiger partial charge in [0.25, 0.3) is 0 Å². The van der Waals surface area contributed by atoms with Crippen molar-refractivity contribution in [2.45, 2.75) is 0 Å². The first-order valence-corrected chi connectivity index (χ1v) is 20.8. The fourth-order valence-electron chi connectivity index (χ4n) is 9.81. The molecule has 0 N–H and O–H groups in total. The summed E-state index contributed by atoms with van der Waals surface area (Å²) >= 11 is 0. The topological polar surface area (TPSA) is 0 Å². The van der Waals surface area contributed by atoms with Crippen molar-refractivity contribution >= 4 is 64.6 Å². The Bertz CT molecular complexity index is 3650. The van der Waals surface area contributed by atoms with Gasteiger partial charge in [0.2, 0.25) is 0 Å². The second-order valence-corrected chi connectivity index (χ2v) is 16.0. The normalized spacial score (nSPS) is 11.7. The van der Waals surface area contributed by atoms with Gasteiger partial charge in [-0.3, -0.25) is 0 Å². The minimum atomic E-state index is 1.20. The molecule has 0 aliphatic heterocycles. The molecule has 0 aliphatic rings. The zero-order chi connectivity index (χ0) is 39.6. The van der Waals surface area contributed by atoms with Crippen LogP contribution in [0.15, 0.2) is 231 Å². The van der Waals surface area contributed by atoms with Crippen molar-refractivity contribution < 1.29 is 0 Å². The molecule has 0 aliphatic carbocycles. The standard InChI is InChI=1S/C60H38/c1-2-18-43-34-44(31-30-39(43)14-1)46-35-47(53-28-12-20-41-16-4-7-23-50(41)53)37-48(36-46)59-55-25-9-10-26-56(55)60(54-29-13-21-42-17-5-8-24-51(42)54)57-33-32-45(38-58(57)59)52-27-11-19-40-15-3-6-22-49(40)52/h1-38H. The van der Waals surface area contributed by atoms with E-state index in [9.17, 15) is 0 Å². The lowest BCUT2D eigenvalue weighted by molar-refractivity contribution is 1.60. The Kier molecular flexibility index (Phi) is 7.96. The largest absolute Gasteiger partial charge is 0.0616 e. The molecule has 278 valence electrons. The van der Waals surface area contributed by atoms with E-state index in [-0.39, 0.29) is 0 Å². The molecule has 0 radical (unpaired) electrons. The third-order valence-electron chi connectivity index (χ3n) is 12.6. The van der Waals surface area contributed by atoms with E-state index < -0.39 is 0 Å². The maximum atomic E-state index is 2.47. The highest BCUT2D eigenvalue weighted by Crippen LogP contribution is 2.48. The Hall–Kier alpha value is -7.80. The number of rotatable bonds is 5. The van der Waals surface area contributed by atoms with Crippen LogP contribution in [0.3, 0.4) is 0 Å². The van der Waals surface area contributed by atoms with Gasteiger partial charge in [-0.05, 0) is 151 Å². The zero-order valence-corrected chi connectivity index (χ0v) is 32.9. The SMILES string of the molecule is c1ccc2cc(-c3cc(-c4cccc5ccccc45)cc(-c4c5ccccc5c(-c5cccc6ccccc56)c5ccc(-c6cccc7ccccc67)cc45)c3)ccc2c1. The summed E-state index contributed by atoms with van der Waals surface area (Å²) in [5.74, 6) is 0. The van der Waals surface area contributed by atoms with Crippen LogP contribution in [0.25, 0.3) is 120 Å². The van der Waals surface area contributed by atoms with Crippen molar-refractivity contribution in [3.05, 3.63) is 231 Å². The smallest absolute Gasteiger partial charge is 0.00201 e. The molecule has 12 aromatic carbocycles. The number of fused-ring (bicyclic) bond motifs is 6. The summed E-state index contributed by atoms with van der Waals surface area (Å²) < 4.78 is 0. The number of hydrogen-bond acceptors (Lipinski definition) is 0. The van der Waals surface area contributed by atoms with E-state index in [0.29, 0.717) is 0 Å². The first kappa shape index (κ1) is 34.3. The molecule has 0 atom stereocenters. The lowest BCUT2D eigenvalue weighted by Gasteiger charge is -2.21. The zero-order valence-electron chi connectivity index (χ0n) is 32.9. The molecule has 0 amide bonds. The van der Waals surface area contributed by atoms with Gasteiger partial charge in [-0.1, -0.05) is 200 Å². The molecule has 0 aromatic heterocycles. The Labute approximate surface area is 349 Å². The lowest BCUT2D eigenvalue weighted by atomic mass is 9.82. The Balaban J connectivity index is 1.22. The van der Waals surface area contributed by atoms with E-state index in [1.807, 2.05) is 0 Å². The van der Waals surface area contributed by atoms with Crippen molar-refractivity contribution in [3.63, 3.8) is 0 Å². The van der Waals surface area contributed by atoms with E-state index in [4.69, 9.17) is 0 Å². The van der Waals surface area contributed by atoms with E-state index in [1.54, 1.807) is 0 Å². The van der Waals surface area contributed by atoms with Crippen molar-refractivity contribution in [2.75, 3.05) is 0 Å². The minimum absolute atomic E-state index is 1.20. The molecule has 12 aromatic rings. The van der Waals surface area contributed by atoms with Crippen LogP contribution >= 0.6 is 0 Å². The highest BCUT2D eigenvalue weighted by molar-refractivity contribution is 6.24. The molecule has 12 rings (SSSR count). The third kappa shape index (κ3) is 5.61. The summed E-state index contributed by atoms with van der Waals surface area (Å²) in [5.41, 5.74) is 12.2. The van der Waals surface area contributed by atoms with Crippen LogP contribution < -0.4 is 0 Å². The predicted octanol–water partition coefficient (Wildman–Crippen LogP) is 16.9. The van der Waals surface area contributed by atoms with Gasteiger partial charge in [0.05, 0.1) is 0 Å². The van der Waals surface area contributed by atoms with Crippen molar-refractivity contribution in [3.8, 4) is 55.6 Å². The molecule has 0 saturated heterocycles. The van der Waals surface area contributed by atoms with Crippen LogP contribution in [0.5, 0.6) is 0 Å². The minimum Gasteiger partial charge on any atom is -0.0616 e. The maximum Gasteiger partial charge on any atom is -0.00201 e. The average Bonchev–Trinajstić information content (AvgIpc) is 3.32. The molecule has 0 spiro atoms. The maximum absolute atomic E-state index is 2.47. The summed E-state index contributed by atoms with van der Waals surface area (Å²) in [6.07, 6.45) is 0. The Morgan fingerprint density at radius 2 is 0.600 bits per heavy atom. The van der Waals surface area contributed by atoms with Crippen LogP contribution in [0, 0.1) is 0 Å². The summed E-state index contributed by atoms with van der Waals surface area (Å²) in [4.78, 5) is 0. The predicted molar refractivity (Wildman–Crippen MR) is 259 cm³/mol. The fraction of sp³-hybridized carbons (Fsp3) is 0. The van der Waals surface area contributed by atoms with E-state index in [1.165, 1.54) is 120 Å². The van der Waals surface area contributed by atoms with Gasteiger partial charge < -0.3 is 0 Å². The molecule has 60 heavy (non-hydrogen) atoms. The summed E-state index contributed by atoms with van der Waals surface area (Å²) in [7, 11) is 0. The highest BCUT2D eigenvalue weighted by atomic mass is 14.2. The molecule has 0 saturated carbocycles. The van der Waals surface area contributed by atoms with Crippen LogP contribution in [-0.2, 0) is 0 Å². The molecule has 0 nitrogen and oxygen atoms in total. The second-order valence-electron chi connectivity index (χ2n) is 16.0. The summed E-state index contributed by atoms with van der Waals surface area (Å²) in [6.45, 7) is 0. The van der Waals surface area contributed by atoms with Gasteiger partial charge in [-0.15, -0.1) is 0 Å². The van der Waals surface area contributed by atoms with Crippen molar-refractivity contribution in [1.82, 2.24) is 0 Å². The average molecular weight is 759 g/mol. The molecule has 0 heterocycles. The molecular weight excluding hydrogens is 721 g/mol. The van der Waals surface area contributed by atoms with Gasteiger partial charge in [-0.25, -0.2) is 0 Å². The quantitative estimate of drug-likeness (QED) is 0.153. The molecule has 0 heteroatoms. The Morgan fingerprint density at radius 3 is 1.25 bits per heavy atom. The van der Waals surface area contributed by atoms with E-state index in [2.05, 4.69) is 231 Å².